The topological polar surface area (TPSA) is 98.2 Å². The van der Waals surface area contributed by atoms with E-state index < -0.39 is 23.7 Å². The van der Waals surface area contributed by atoms with Gasteiger partial charge in [0.2, 0.25) is 5.91 Å². The van der Waals surface area contributed by atoms with Crippen LogP contribution in [0.25, 0.3) is 0 Å². The molecule has 0 aliphatic heterocycles. The molecular weight excluding hydrogens is 293 g/mol. The van der Waals surface area contributed by atoms with E-state index in [-0.39, 0.29) is 15.7 Å². The normalized spacial score (nSPS) is 11.9. The quantitative estimate of drug-likeness (QED) is 0.719. The van der Waals surface area contributed by atoms with E-state index in [2.05, 4.69) is 21.2 Å². The van der Waals surface area contributed by atoms with Gasteiger partial charge in [0.05, 0.1) is 11.3 Å². The highest BCUT2D eigenvalue weighted by Gasteiger charge is 2.17. The first-order valence-corrected chi connectivity index (χ1v) is 5.47. The molecule has 0 saturated heterocycles. The van der Waals surface area contributed by atoms with Crippen LogP contribution in [0.2, 0.25) is 0 Å². The zero-order chi connectivity index (χ0) is 13.2. The molecule has 0 radical (unpaired) electrons. The minimum atomic E-state index is -0.819. The average molecular weight is 304 g/mol. The third-order valence-corrected chi connectivity index (χ3v) is 2.76. The lowest BCUT2D eigenvalue weighted by Gasteiger charge is -2.11. The number of carbonyl (C=O) groups excluding carboxylic acids is 2. The van der Waals surface area contributed by atoms with Crippen LogP contribution in [-0.4, -0.2) is 17.9 Å². The summed E-state index contributed by atoms with van der Waals surface area (Å²) in [6, 6.07) is 1.45. The van der Waals surface area contributed by atoms with Crippen LogP contribution in [0, 0.1) is 5.82 Å². The van der Waals surface area contributed by atoms with Crippen LogP contribution in [-0.2, 0) is 4.79 Å². The van der Waals surface area contributed by atoms with E-state index in [0.717, 1.165) is 6.07 Å². The molecule has 0 spiro atoms. The maximum atomic E-state index is 13.1. The summed E-state index contributed by atoms with van der Waals surface area (Å²) in [6.07, 6.45) is 0. The molecule has 1 atom stereocenters. The van der Waals surface area contributed by atoms with Gasteiger partial charge in [-0.1, -0.05) is 0 Å². The van der Waals surface area contributed by atoms with Crippen molar-refractivity contribution in [3.05, 3.63) is 28.0 Å². The first-order valence-electron chi connectivity index (χ1n) is 4.67. The molecule has 5 nitrogen and oxygen atoms in total. The molecule has 1 unspecified atom stereocenters. The van der Waals surface area contributed by atoms with Crippen molar-refractivity contribution in [2.45, 2.75) is 13.0 Å². The number of primary amides is 1. The number of hydrogen-bond donors (Lipinski definition) is 3. The second-order valence-corrected chi connectivity index (χ2v) is 4.31. The third kappa shape index (κ3) is 3.16. The van der Waals surface area contributed by atoms with Gasteiger partial charge in [-0.15, -0.1) is 0 Å². The van der Waals surface area contributed by atoms with Crippen LogP contribution in [0.4, 0.5) is 10.1 Å². The Bertz CT molecular complexity index is 479. The van der Waals surface area contributed by atoms with E-state index >= 15 is 0 Å². The zero-order valence-corrected chi connectivity index (χ0v) is 10.5. The Morgan fingerprint density at radius 3 is 2.59 bits per heavy atom. The van der Waals surface area contributed by atoms with Gasteiger partial charge in [0, 0.05) is 4.47 Å². The highest BCUT2D eigenvalue weighted by Crippen LogP contribution is 2.22. The van der Waals surface area contributed by atoms with Crippen molar-refractivity contribution in [3.8, 4) is 0 Å². The summed E-state index contributed by atoms with van der Waals surface area (Å²) in [7, 11) is 0. The Morgan fingerprint density at radius 2 is 2.06 bits per heavy atom. The van der Waals surface area contributed by atoms with Crippen LogP contribution >= 0.6 is 15.9 Å². The van der Waals surface area contributed by atoms with Gasteiger partial charge in [-0.2, -0.15) is 0 Å². The van der Waals surface area contributed by atoms with Gasteiger partial charge in [-0.3, -0.25) is 9.59 Å². The van der Waals surface area contributed by atoms with Crippen molar-refractivity contribution in [1.29, 1.82) is 0 Å². The van der Waals surface area contributed by atoms with E-state index in [4.69, 9.17) is 11.5 Å². The number of amides is 2. The SMILES string of the molecule is CC(NC(=O)c1cc(N)c(F)cc1Br)C(N)=O. The van der Waals surface area contributed by atoms with E-state index in [1.165, 1.54) is 13.0 Å². The number of nitrogen functional groups attached to an aromatic ring is 1. The van der Waals surface area contributed by atoms with Crippen LogP contribution in [0.3, 0.4) is 0 Å². The van der Waals surface area contributed by atoms with Crippen LogP contribution in [0.1, 0.15) is 17.3 Å². The maximum Gasteiger partial charge on any atom is 0.253 e. The molecule has 7 heteroatoms. The molecule has 5 N–H and O–H groups in total. The average Bonchev–Trinajstić information content (AvgIpc) is 2.22. The molecule has 0 heterocycles. The fourth-order valence-electron chi connectivity index (χ4n) is 1.09. The van der Waals surface area contributed by atoms with E-state index in [1.54, 1.807) is 0 Å². The Balaban J connectivity index is 2.97. The first kappa shape index (κ1) is 13.4. The fraction of sp³-hybridized carbons (Fsp3) is 0.200. The Labute approximate surface area is 105 Å². The molecule has 0 aliphatic rings. The fourth-order valence-corrected chi connectivity index (χ4v) is 1.58. The van der Waals surface area contributed by atoms with E-state index in [1.807, 2.05) is 0 Å². The number of benzene rings is 1. The maximum absolute atomic E-state index is 13.1. The number of anilines is 1. The second-order valence-electron chi connectivity index (χ2n) is 3.45. The number of halogens is 2. The van der Waals surface area contributed by atoms with Gasteiger partial charge in [0.25, 0.3) is 5.91 Å². The predicted molar refractivity (Wildman–Crippen MR) is 64.6 cm³/mol. The van der Waals surface area contributed by atoms with Gasteiger partial charge in [-0.05, 0) is 35.0 Å². The Hall–Kier alpha value is -1.63. The highest BCUT2D eigenvalue weighted by molar-refractivity contribution is 9.10. The summed E-state index contributed by atoms with van der Waals surface area (Å²) in [4.78, 5) is 22.5. The van der Waals surface area contributed by atoms with Crippen LogP contribution < -0.4 is 16.8 Å². The lowest BCUT2D eigenvalue weighted by molar-refractivity contribution is -0.119. The number of carbonyl (C=O) groups is 2. The molecule has 0 bridgehead atoms. The zero-order valence-electron chi connectivity index (χ0n) is 8.96. The molecule has 2 amide bonds. The monoisotopic (exact) mass is 303 g/mol. The lowest BCUT2D eigenvalue weighted by atomic mass is 10.1. The summed E-state index contributed by atoms with van der Waals surface area (Å²) in [5.41, 5.74) is 10.3. The number of hydrogen-bond acceptors (Lipinski definition) is 3. The molecule has 17 heavy (non-hydrogen) atoms. The van der Waals surface area contributed by atoms with Gasteiger partial charge in [0.15, 0.2) is 0 Å². The standard InChI is InChI=1S/C10H11BrFN3O2/c1-4(9(14)16)15-10(17)5-2-8(13)7(12)3-6(5)11/h2-4H,13H2,1H3,(H2,14,16)(H,15,17). The Kier molecular flexibility index (Phi) is 4.06. The largest absolute Gasteiger partial charge is 0.396 e. The summed E-state index contributed by atoms with van der Waals surface area (Å²) in [6.45, 7) is 1.45. The number of nitrogens with two attached hydrogens (primary N) is 2. The lowest BCUT2D eigenvalue weighted by Crippen LogP contribution is -2.42. The minimum absolute atomic E-state index is 0.136. The van der Waals surface area contributed by atoms with Crippen LogP contribution in [0.5, 0.6) is 0 Å². The van der Waals surface area contributed by atoms with Gasteiger partial charge in [0.1, 0.15) is 11.9 Å². The van der Waals surface area contributed by atoms with Crippen LogP contribution in [0.15, 0.2) is 16.6 Å². The van der Waals surface area contributed by atoms with Crippen molar-refractivity contribution in [1.82, 2.24) is 5.32 Å². The van der Waals surface area contributed by atoms with Crippen molar-refractivity contribution in [3.63, 3.8) is 0 Å². The molecule has 92 valence electrons. The molecule has 1 aromatic carbocycles. The van der Waals surface area contributed by atoms with Gasteiger partial charge < -0.3 is 16.8 Å². The molecule has 0 aromatic heterocycles. The highest BCUT2D eigenvalue weighted by atomic mass is 79.9. The smallest absolute Gasteiger partial charge is 0.253 e. The molecule has 1 aromatic rings. The molecule has 0 fully saturated rings. The number of rotatable bonds is 3. The minimum Gasteiger partial charge on any atom is -0.396 e. The molecule has 0 aliphatic carbocycles. The predicted octanol–water partition coefficient (Wildman–Crippen LogP) is 0.774. The van der Waals surface area contributed by atoms with Gasteiger partial charge >= 0.3 is 0 Å². The van der Waals surface area contributed by atoms with Crippen molar-refractivity contribution in [2.24, 2.45) is 5.73 Å². The van der Waals surface area contributed by atoms with Crippen molar-refractivity contribution < 1.29 is 14.0 Å². The summed E-state index contributed by atoms with van der Waals surface area (Å²) >= 11 is 3.04. The molecule has 1 rings (SSSR count). The number of nitrogens with one attached hydrogen (secondary N) is 1. The summed E-state index contributed by atoms with van der Waals surface area (Å²) in [5, 5.41) is 2.36. The van der Waals surface area contributed by atoms with Gasteiger partial charge in [-0.25, -0.2) is 4.39 Å². The van der Waals surface area contributed by atoms with Crippen molar-refractivity contribution >= 4 is 33.4 Å². The third-order valence-electron chi connectivity index (χ3n) is 2.11. The first-order chi connectivity index (χ1) is 7.82. The van der Waals surface area contributed by atoms with E-state index in [0.29, 0.717) is 0 Å². The summed E-state index contributed by atoms with van der Waals surface area (Å²) in [5.74, 6) is -1.85. The summed E-state index contributed by atoms with van der Waals surface area (Å²) < 4.78 is 13.3. The molecular formula is C10H11BrFN3O2. The van der Waals surface area contributed by atoms with E-state index in [9.17, 15) is 14.0 Å². The van der Waals surface area contributed by atoms with Crippen molar-refractivity contribution in [2.75, 3.05) is 5.73 Å². The Morgan fingerprint density at radius 1 is 1.47 bits per heavy atom. The second kappa shape index (κ2) is 5.13. The molecule has 0 saturated carbocycles.